The minimum Gasteiger partial charge on any atom is -0.457 e. The maximum absolute atomic E-state index is 14.3. The van der Waals surface area contributed by atoms with Crippen LogP contribution in [0, 0.1) is 11.8 Å². The van der Waals surface area contributed by atoms with E-state index in [4.69, 9.17) is 9.47 Å². The fourth-order valence-corrected chi connectivity index (χ4v) is 8.29. The molecule has 47 heavy (non-hydrogen) atoms. The van der Waals surface area contributed by atoms with E-state index in [9.17, 15) is 14.4 Å². The Morgan fingerprint density at radius 1 is 0.894 bits per heavy atom. The predicted octanol–water partition coefficient (Wildman–Crippen LogP) is 4.04. The van der Waals surface area contributed by atoms with Gasteiger partial charge in [-0.15, -0.1) is 0 Å². The Balaban J connectivity index is 1.06. The molecule has 7 rings (SSSR count). The Morgan fingerprint density at radius 3 is 2.32 bits per heavy atom. The van der Waals surface area contributed by atoms with Crippen molar-refractivity contribution in [3.63, 3.8) is 0 Å². The van der Waals surface area contributed by atoms with Crippen LogP contribution in [0.1, 0.15) is 45.4 Å². The highest BCUT2D eigenvalue weighted by molar-refractivity contribution is 6.02. The standard InChI is InChI=1S/C37H47N5O5/c1-2-40-22-24-41(25-23-40)20-9-21-42-33(35(44)39-26-10-5-3-6-11-26)37-19-18-30(47-37)31(32(37)36(42)45)34(43)38-27-14-16-29(17-15-27)46-28-12-7-4-8-13-28/h4,7-8,12-19,26,30-33H,2-3,5-6,9-11,20-25H2,1H3,(H,38,43)(H,39,44). The number of rotatable bonds is 11. The summed E-state index contributed by atoms with van der Waals surface area (Å²) in [6, 6.07) is 16.0. The fraction of sp³-hybridized carbons (Fsp3) is 0.541. The summed E-state index contributed by atoms with van der Waals surface area (Å²) in [7, 11) is 0. The molecule has 2 N–H and O–H groups in total. The first-order valence-electron chi connectivity index (χ1n) is 17.5. The first kappa shape index (κ1) is 31.8. The Morgan fingerprint density at radius 2 is 1.60 bits per heavy atom. The summed E-state index contributed by atoms with van der Waals surface area (Å²) in [5.41, 5.74) is -0.545. The van der Waals surface area contributed by atoms with Gasteiger partial charge in [0.1, 0.15) is 23.1 Å². The van der Waals surface area contributed by atoms with Crippen LogP contribution in [0.15, 0.2) is 66.7 Å². The molecule has 2 aromatic rings. The van der Waals surface area contributed by atoms with E-state index in [-0.39, 0.29) is 23.8 Å². The first-order chi connectivity index (χ1) is 22.9. The number of piperazine rings is 1. The van der Waals surface area contributed by atoms with Gasteiger partial charge in [0, 0.05) is 44.5 Å². The van der Waals surface area contributed by atoms with Crippen molar-refractivity contribution in [2.24, 2.45) is 11.8 Å². The molecule has 10 heteroatoms. The van der Waals surface area contributed by atoms with E-state index in [1.165, 1.54) is 6.42 Å². The third-order valence-corrected chi connectivity index (χ3v) is 10.8. The van der Waals surface area contributed by atoms with Gasteiger partial charge in [-0.1, -0.05) is 56.5 Å². The molecule has 2 aromatic carbocycles. The number of anilines is 1. The van der Waals surface area contributed by atoms with Crippen LogP contribution in [-0.2, 0) is 19.1 Å². The van der Waals surface area contributed by atoms with Crippen LogP contribution in [0.3, 0.4) is 0 Å². The average Bonchev–Trinajstić information content (AvgIpc) is 3.74. The normalized spacial score (nSPS) is 29.2. The molecule has 0 aromatic heterocycles. The number of amides is 3. The largest absolute Gasteiger partial charge is 0.457 e. The fourth-order valence-electron chi connectivity index (χ4n) is 8.29. The zero-order valence-electron chi connectivity index (χ0n) is 27.3. The first-order valence-corrected chi connectivity index (χ1v) is 17.5. The highest BCUT2D eigenvalue weighted by Crippen LogP contribution is 2.55. The van der Waals surface area contributed by atoms with E-state index in [2.05, 4.69) is 27.4 Å². The number of likely N-dealkylation sites (tertiary alicyclic amines) is 1. The maximum Gasteiger partial charge on any atom is 0.246 e. The van der Waals surface area contributed by atoms with Gasteiger partial charge in [-0.05, 0) is 68.8 Å². The topological polar surface area (TPSA) is 103 Å². The van der Waals surface area contributed by atoms with Crippen LogP contribution in [-0.4, -0.2) is 102 Å². The van der Waals surface area contributed by atoms with Crippen molar-refractivity contribution < 1.29 is 23.9 Å². The smallest absolute Gasteiger partial charge is 0.246 e. The lowest BCUT2D eigenvalue weighted by Gasteiger charge is -2.36. The molecular weight excluding hydrogens is 594 g/mol. The van der Waals surface area contributed by atoms with Crippen molar-refractivity contribution >= 4 is 23.4 Å². The third kappa shape index (κ3) is 6.43. The third-order valence-electron chi connectivity index (χ3n) is 10.8. The second-order valence-electron chi connectivity index (χ2n) is 13.6. The van der Waals surface area contributed by atoms with Crippen molar-refractivity contribution in [3.05, 3.63) is 66.7 Å². The zero-order chi connectivity index (χ0) is 32.4. The molecule has 5 unspecified atom stereocenters. The number of fused-ring (bicyclic) bond motifs is 1. The summed E-state index contributed by atoms with van der Waals surface area (Å²) in [6.45, 7) is 8.69. The molecule has 0 radical (unpaired) electrons. The van der Waals surface area contributed by atoms with Crippen molar-refractivity contribution in [3.8, 4) is 11.5 Å². The van der Waals surface area contributed by atoms with E-state index in [1.54, 1.807) is 29.2 Å². The SMILES string of the molecule is CCN1CCN(CCCN2C(=O)C3C(C(=O)Nc4ccc(Oc5ccccc5)cc4)C4C=CC3(O4)C2C(=O)NC2CCCCC2)CC1. The van der Waals surface area contributed by atoms with Crippen molar-refractivity contribution in [2.45, 2.75) is 69.2 Å². The summed E-state index contributed by atoms with van der Waals surface area (Å²) in [6.07, 6.45) is 9.25. The van der Waals surface area contributed by atoms with Gasteiger partial charge in [-0.3, -0.25) is 14.4 Å². The molecule has 5 aliphatic rings. The Bertz CT molecular complexity index is 1450. The number of likely N-dealkylation sites (N-methyl/N-ethyl adjacent to an activating group) is 1. The molecule has 4 fully saturated rings. The molecule has 4 aliphatic heterocycles. The van der Waals surface area contributed by atoms with Gasteiger partial charge in [0.05, 0.1) is 17.9 Å². The molecule has 1 spiro atoms. The number of nitrogens with zero attached hydrogens (tertiary/aromatic N) is 3. The molecule has 3 amide bonds. The monoisotopic (exact) mass is 641 g/mol. The molecule has 4 heterocycles. The van der Waals surface area contributed by atoms with Crippen LogP contribution in [0.2, 0.25) is 0 Å². The number of para-hydroxylation sites is 1. The molecule has 3 saturated heterocycles. The lowest BCUT2D eigenvalue weighted by molar-refractivity contribution is -0.141. The summed E-state index contributed by atoms with van der Waals surface area (Å²) in [5, 5.41) is 6.30. The van der Waals surface area contributed by atoms with Crippen LogP contribution >= 0.6 is 0 Å². The van der Waals surface area contributed by atoms with Crippen LogP contribution < -0.4 is 15.4 Å². The number of hydrogen-bond acceptors (Lipinski definition) is 7. The zero-order valence-corrected chi connectivity index (χ0v) is 27.3. The Hall–Kier alpha value is -3.73. The molecule has 2 bridgehead atoms. The molecule has 1 aliphatic carbocycles. The maximum atomic E-state index is 14.3. The van der Waals surface area contributed by atoms with Crippen molar-refractivity contribution in [1.82, 2.24) is 20.0 Å². The number of nitrogens with one attached hydrogen (secondary N) is 2. The molecule has 1 saturated carbocycles. The predicted molar refractivity (Wildman–Crippen MR) is 179 cm³/mol. The van der Waals surface area contributed by atoms with E-state index >= 15 is 0 Å². The molecule has 10 nitrogen and oxygen atoms in total. The number of carbonyl (C=O) groups is 3. The molecule has 250 valence electrons. The summed E-state index contributed by atoms with van der Waals surface area (Å²) >= 11 is 0. The van der Waals surface area contributed by atoms with Gasteiger partial charge in [-0.2, -0.15) is 0 Å². The van der Waals surface area contributed by atoms with Gasteiger partial charge in [0.15, 0.2) is 0 Å². The summed E-state index contributed by atoms with van der Waals surface area (Å²) in [4.78, 5) is 49.0. The van der Waals surface area contributed by atoms with Gasteiger partial charge in [-0.25, -0.2) is 0 Å². The quantitative estimate of drug-likeness (QED) is 0.357. The van der Waals surface area contributed by atoms with E-state index in [0.717, 1.165) is 77.1 Å². The van der Waals surface area contributed by atoms with Crippen molar-refractivity contribution in [1.29, 1.82) is 0 Å². The highest BCUT2D eigenvalue weighted by atomic mass is 16.5. The number of hydrogen-bond donors (Lipinski definition) is 2. The molecule has 5 atom stereocenters. The second-order valence-corrected chi connectivity index (χ2v) is 13.6. The van der Waals surface area contributed by atoms with E-state index in [0.29, 0.717) is 18.0 Å². The van der Waals surface area contributed by atoms with E-state index in [1.807, 2.05) is 42.5 Å². The summed E-state index contributed by atoms with van der Waals surface area (Å²) in [5.74, 6) is -0.713. The number of carbonyl (C=O) groups excluding carboxylic acids is 3. The van der Waals surface area contributed by atoms with Gasteiger partial charge in [0.2, 0.25) is 17.7 Å². The molecular formula is C37H47N5O5. The Kier molecular flexibility index (Phi) is 9.34. The lowest BCUT2D eigenvalue weighted by Crippen LogP contribution is -2.56. The lowest BCUT2D eigenvalue weighted by atomic mass is 9.74. The number of benzene rings is 2. The van der Waals surface area contributed by atoms with E-state index < -0.39 is 29.6 Å². The van der Waals surface area contributed by atoms with Gasteiger partial charge < -0.3 is 34.8 Å². The van der Waals surface area contributed by atoms with Gasteiger partial charge >= 0.3 is 0 Å². The van der Waals surface area contributed by atoms with Crippen LogP contribution in [0.5, 0.6) is 11.5 Å². The average molecular weight is 642 g/mol. The minimum atomic E-state index is -1.15. The van der Waals surface area contributed by atoms with Gasteiger partial charge in [0.25, 0.3) is 0 Å². The second kappa shape index (κ2) is 13.8. The minimum absolute atomic E-state index is 0.106. The highest BCUT2D eigenvalue weighted by Gasteiger charge is 2.72. The van der Waals surface area contributed by atoms with Crippen LogP contribution in [0.25, 0.3) is 0 Å². The summed E-state index contributed by atoms with van der Waals surface area (Å²) < 4.78 is 12.4. The van der Waals surface area contributed by atoms with Crippen molar-refractivity contribution in [2.75, 3.05) is 51.1 Å². The Labute approximate surface area is 277 Å². The number of ether oxygens (including phenoxy) is 2. The van der Waals surface area contributed by atoms with Crippen LogP contribution in [0.4, 0.5) is 5.69 Å².